The molecule has 1 aliphatic carbocycles. The Hall–Kier alpha value is -1.98. The Morgan fingerprint density at radius 3 is 2.62 bits per heavy atom. The van der Waals surface area contributed by atoms with E-state index in [9.17, 15) is 18.4 Å². The lowest BCUT2D eigenvalue weighted by Crippen LogP contribution is -2.44. The van der Waals surface area contributed by atoms with E-state index in [-0.39, 0.29) is 30.4 Å². The van der Waals surface area contributed by atoms with Crippen molar-refractivity contribution in [1.29, 1.82) is 0 Å². The monoisotopic (exact) mass is 297 g/mol. The summed E-state index contributed by atoms with van der Waals surface area (Å²) in [5.41, 5.74) is 0.127. The normalized spacial score (nSPS) is 15.6. The van der Waals surface area contributed by atoms with Crippen LogP contribution < -0.4 is 0 Å². The Kier molecular flexibility index (Phi) is 4.55. The van der Waals surface area contributed by atoms with Crippen LogP contribution >= 0.6 is 0 Å². The molecule has 4 nitrogen and oxygen atoms in total. The van der Waals surface area contributed by atoms with Crippen molar-refractivity contribution in [2.45, 2.75) is 44.7 Å². The van der Waals surface area contributed by atoms with Gasteiger partial charge in [0, 0.05) is 12.5 Å². The van der Waals surface area contributed by atoms with E-state index in [1.165, 1.54) is 11.8 Å². The lowest BCUT2D eigenvalue weighted by molar-refractivity contribution is -0.150. The highest BCUT2D eigenvalue weighted by atomic mass is 19.1. The van der Waals surface area contributed by atoms with Gasteiger partial charge in [-0.05, 0) is 49.9 Å². The fourth-order valence-electron chi connectivity index (χ4n) is 2.31. The first-order chi connectivity index (χ1) is 9.90. The summed E-state index contributed by atoms with van der Waals surface area (Å²) in [5.74, 6) is -2.52. The number of hydrogen-bond donors (Lipinski definition) is 1. The van der Waals surface area contributed by atoms with Crippen LogP contribution in [0.2, 0.25) is 0 Å². The zero-order valence-electron chi connectivity index (χ0n) is 11.7. The van der Waals surface area contributed by atoms with Crippen molar-refractivity contribution in [1.82, 2.24) is 4.90 Å². The average Bonchev–Trinajstić information content (AvgIpc) is 3.24. The first-order valence-corrected chi connectivity index (χ1v) is 6.88. The third kappa shape index (κ3) is 3.77. The Morgan fingerprint density at radius 1 is 1.38 bits per heavy atom. The summed E-state index contributed by atoms with van der Waals surface area (Å²) in [5, 5.41) is 9.04. The number of aliphatic carboxylic acids is 1. The highest BCUT2D eigenvalue weighted by Crippen LogP contribution is 2.29. The van der Waals surface area contributed by atoms with Gasteiger partial charge in [0.05, 0.1) is 0 Å². The van der Waals surface area contributed by atoms with Gasteiger partial charge in [0.25, 0.3) is 0 Å². The minimum absolute atomic E-state index is 0.0332. The lowest BCUT2D eigenvalue weighted by Gasteiger charge is -2.26. The minimum Gasteiger partial charge on any atom is -0.480 e. The van der Waals surface area contributed by atoms with Gasteiger partial charge in [-0.25, -0.2) is 13.6 Å². The van der Waals surface area contributed by atoms with Crippen molar-refractivity contribution in [3.8, 4) is 0 Å². The number of hydrogen-bond acceptors (Lipinski definition) is 2. The smallest absolute Gasteiger partial charge is 0.326 e. The summed E-state index contributed by atoms with van der Waals surface area (Å²) in [4.78, 5) is 24.6. The predicted molar refractivity (Wildman–Crippen MR) is 71.6 cm³/mol. The van der Waals surface area contributed by atoms with E-state index >= 15 is 0 Å². The molecule has 2 rings (SSSR count). The molecule has 0 aliphatic heterocycles. The Balaban J connectivity index is 2.02. The molecule has 1 fully saturated rings. The molecule has 1 aliphatic rings. The minimum atomic E-state index is -1.06. The quantitative estimate of drug-likeness (QED) is 0.877. The largest absolute Gasteiger partial charge is 0.480 e. The van der Waals surface area contributed by atoms with Crippen LogP contribution in [0.25, 0.3) is 0 Å². The number of carboxylic acids is 1. The van der Waals surface area contributed by atoms with Gasteiger partial charge in [-0.2, -0.15) is 0 Å². The SMILES string of the molecule is CC(C(=O)O)N(C(=O)CCc1cc(F)ccc1F)C1CC1. The van der Waals surface area contributed by atoms with E-state index in [1.807, 2.05) is 0 Å². The Morgan fingerprint density at radius 2 is 2.05 bits per heavy atom. The first-order valence-electron chi connectivity index (χ1n) is 6.88. The highest BCUT2D eigenvalue weighted by Gasteiger charge is 2.37. The molecule has 1 atom stereocenters. The second-order valence-corrected chi connectivity index (χ2v) is 5.28. The molecule has 0 spiro atoms. The van der Waals surface area contributed by atoms with Crippen molar-refractivity contribution in [2.24, 2.45) is 0 Å². The summed E-state index contributed by atoms with van der Waals surface area (Å²) >= 11 is 0. The lowest BCUT2D eigenvalue weighted by atomic mass is 10.1. The topological polar surface area (TPSA) is 57.6 Å². The highest BCUT2D eigenvalue weighted by molar-refractivity contribution is 5.84. The molecule has 1 aromatic carbocycles. The van der Waals surface area contributed by atoms with Crippen molar-refractivity contribution in [2.75, 3.05) is 0 Å². The molecule has 0 aromatic heterocycles. The summed E-state index contributed by atoms with van der Waals surface area (Å²) < 4.78 is 26.6. The Bertz CT molecular complexity index is 558. The number of halogens is 2. The molecular formula is C15H17F2NO3. The third-order valence-corrected chi connectivity index (χ3v) is 3.62. The molecule has 1 unspecified atom stereocenters. The molecule has 1 saturated carbocycles. The van der Waals surface area contributed by atoms with Crippen molar-refractivity contribution in [3.05, 3.63) is 35.4 Å². The molecule has 21 heavy (non-hydrogen) atoms. The number of carbonyl (C=O) groups is 2. The molecule has 0 bridgehead atoms. The van der Waals surface area contributed by atoms with Gasteiger partial charge in [0.1, 0.15) is 17.7 Å². The first kappa shape index (κ1) is 15.4. The van der Waals surface area contributed by atoms with Gasteiger partial charge in [0.15, 0.2) is 0 Å². The van der Waals surface area contributed by atoms with E-state index in [4.69, 9.17) is 5.11 Å². The fraction of sp³-hybridized carbons (Fsp3) is 0.467. The van der Waals surface area contributed by atoms with E-state index in [0.717, 1.165) is 31.0 Å². The maximum Gasteiger partial charge on any atom is 0.326 e. The number of carboxylic acid groups (broad SMARTS) is 1. The van der Waals surface area contributed by atoms with E-state index < -0.39 is 23.6 Å². The zero-order chi connectivity index (χ0) is 15.6. The number of rotatable bonds is 6. The molecule has 0 heterocycles. The molecule has 1 amide bonds. The number of benzene rings is 1. The second kappa shape index (κ2) is 6.20. The molecule has 0 radical (unpaired) electrons. The second-order valence-electron chi connectivity index (χ2n) is 5.28. The van der Waals surface area contributed by atoms with Gasteiger partial charge in [-0.15, -0.1) is 0 Å². The van der Waals surface area contributed by atoms with Crippen LogP contribution in [0.1, 0.15) is 31.7 Å². The van der Waals surface area contributed by atoms with E-state index in [0.29, 0.717) is 0 Å². The number of carbonyl (C=O) groups excluding carboxylic acids is 1. The molecule has 1 aromatic rings. The van der Waals surface area contributed by atoms with Crippen LogP contribution in [0.3, 0.4) is 0 Å². The summed E-state index contributed by atoms with van der Waals surface area (Å²) in [6.07, 6.45) is 1.60. The van der Waals surface area contributed by atoms with Crippen molar-refractivity contribution >= 4 is 11.9 Å². The van der Waals surface area contributed by atoms with Crippen LogP contribution in [-0.4, -0.2) is 34.0 Å². The van der Waals surface area contributed by atoms with Crippen LogP contribution in [0.4, 0.5) is 8.78 Å². The number of amides is 1. The van der Waals surface area contributed by atoms with E-state index in [2.05, 4.69) is 0 Å². The molecule has 0 saturated heterocycles. The van der Waals surface area contributed by atoms with Gasteiger partial charge < -0.3 is 10.0 Å². The molecule has 114 valence electrons. The van der Waals surface area contributed by atoms with Gasteiger partial charge in [0.2, 0.25) is 5.91 Å². The van der Waals surface area contributed by atoms with Gasteiger partial charge in [-0.3, -0.25) is 4.79 Å². The maximum atomic E-state index is 13.5. The average molecular weight is 297 g/mol. The standard InChI is InChI=1S/C15H17F2NO3/c1-9(15(20)21)18(12-4-5-12)14(19)7-2-10-8-11(16)3-6-13(10)17/h3,6,8-9,12H,2,4-5,7H2,1H3,(H,20,21). The van der Waals surface area contributed by atoms with Crippen LogP contribution in [0.15, 0.2) is 18.2 Å². The zero-order valence-corrected chi connectivity index (χ0v) is 11.7. The molecule has 1 N–H and O–H groups in total. The molecule has 6 heteroatoms. The van der Waals surface area contributed by atoms with E-state index in [1.54, 1.807) is 0 Å². The summed E-state index contributed by atoms with van der Waals surface area (Å²) in [6.45, 7) is 1.46. The van der Waals surface area contributed by atoms with Crippen LogP contribution in [0.5, 0.6) is 0 Å². The third-order valence-electron chi connectivity index (χ3n) is 3.62. The van der Waals surface area contributed by atoms with Crippen molar-refractivity contribution < 1.29 is 23.5 Å². The number of aryl methyl sites for hydroxylation is 1. The predicted octanol–water partition coefficient (Wildman–Crippen LogP) is 2.36. The summed E-state index contributed by atoms with van der Waals surface area (Å²) in [7, 11) is 0. The molecular weight excluding hydrogens is 280 g/mol. The van der Waals surface area contributed by atoms with Gasteiger partial charge in [-0.1, -0.05) is 0 Å². The fourth-order valence-corrected chi connectivity index (χ4v) is 2.31. The Labute approximate surface area is 121 Å². The number of nitrogens with zero attached hydrogens (tertiary/aromatic N) is 1. The van der Waals surface area contributed by atoms with Crippen LogP contribution in [0, 0.1) is 11.6 Å². The summed E-state index contributed by atoms with van der Waals surface area (Å²) in [6, 6.07) is 2.16. The maximum absolute atomic E-state index is 13.5. The van der Waals surface area contributed by atoms with Gasteiger partial charge >= 0.3 is 5.97 Å². The van der Waals surface area contributed by atoms with Crippen LogP contribution in [-0.2, 0) is 16.0 Å². The van der Waals surface area contributed by atoms with Crippen molar-refractivity contribution in [3.63, 3.8) is 0 Å².